The van der Waals surface area contributed by atoms with Crippen molar-refractivity contribution >= 4 is 16.9 Å². The first-order valence-corrected chi connectivity index (χ1v) is 11.2. The van der Waals surface area contributed by atoms with Crippen LogP contribution in [0.2, 0.25) is 0 Å². The van der Waals surface area contributed by atoms with Crippen molar-refractivity contribution in [3.05, 3.63) is 81.2 Å². The first-order chi connectivity index (χ1) is 15.4. The standard InChI is InChI=1S/C26H30N2O4/c1-17(2)19-5-7-20(8-6-19)22(28-10-12-31-13-11-28)16-27-26(30)25-15-23(29)21-9-4-18(3)14-24(21)32-25/h4-9,14-15,17,22H,10-13,16H2,1-3H3,(H,27,30)/t22-/m0/s1. The van der Waals surface area contributed by atoms with Crippen LogP contribution in [0.25, 0.3) is 11.0 Å². The van der Waals surface area contributed by atoms with E-state index in [9.17, 15) is 9.59 Å². The van der Waals surface area contributed by atoms with Crippen LogP contribution >= 0.6 is 0 Å². The minimum absolute atomic E-state index is 0.0125. The van der Waals surface area contributed by atoms with Crippen molar-refractivity contribution in [1.82, 2.24) is 10.2 Å². The summed E-state index contributed by atoms with van der Waals surface area (Å²) < 4.78 is 11.3. The van der Waals surface area contributed by atoms with E-state index in [2.05, 4.69) is 48.3 Å². The summed E-state index contributed by atoms with van der Waals surface area (Å²) in [4.78, 5) is 27.7. The summed E-state index contributed by atoms with van der Waals surface area (Å²) in [5.74, 6) is 0.108. The van der Waals surface area contributed by atoms with Crippen LogP contribution in [0.5, 0.6) is 0 Å². The highest BCUT2D eigenvalue weighted by Crippen LogP contribution is 2.24. The molecule has 0 unspecified atom stereocenters. The highest BCUT2D eigenvalue weighted by Gasteiger charge is 2.24. The van der Waals surface area contributed by atoms with E-state index in [4.69, 9.17) is 9.15 Å². The molecule has 0 saturated carbocycles. The van der Waals surface area contributed by atoms with Crippen molar-refractivity contribution in [3.8, 4) is 0 Å². The molecule has 2 heterocycles. The minimum Gasteiger partial charge on any atom is -0.451 e. The molecule has 1 aliphatic heterocycles. The molecule has 2 aromatic carbocycles. The molecule has 32 heavy (non-hydrogen) atoms. The summed E-state index contributed by atoms with van der Waals surface area (Å²) in [5, 5.41) is 3.46. The molecule has 0 radical (unpaired) electrons. The Bertz CT molecular complexity index is 1140. The summed E-state index contributed by atoms with van der Waals surface area (Å²) in [6.07, 6.45) is 0. The van der Waals surface area contributed by atoms with Crippen LogP contribution in [-0.4, -0.2) is 43.7 Å². The van der Waals surface area contributed by atoms with Gasteiger partial charge in [-0.15, -0.1) is 0 Å². The molecule has 6 nitrogen and oxygen atoms in total. The van der Waals surface area contributed by atoms with Gasteiger partial charge in [0.05, 0.1) is 24.6 Å². The van der Waals surface area contributed by atoms with E-state index >= 15 is 0 Å². The van der Waals surface area contributed by atoms with E-state index in [-0.39, 0.29) is 23.1 Å². The lowest BCUT2D eigenvalue weighted by Gasteiger charge is -2.35. The summed E-state index contributed by atoms with van der Waals surface area (Å²) >= 11 is 0. The second kappa shape index (κ2) is 9.67. The van der Waals surface area contributed by atoms with E-state index in [0.717, 1.165) is 24.2 Å². The third-order valence-electron chi connectivity index (χ3n) is 6.04. The smallest absolute Gasteiger partial charge is 0.287 e. The molecule has 0 bridgehead atoms. The molecule has 1 atom stereocenters. The van der Waals surface area contributed by atoms with Gasteiger partial charge in [-0.25, -0.2) is 0 Å². The van der Waals surface area contributed by atoms with Crippen molar-refractivity contribution in [3.63, 3.8) is 0 Å². The lowest BCUT2D eigenvalue weighted by atomic mass is 9.98. The molecule has 1 amide bonds. The highest BCUT2D eigenvalue weighted by molar-refractivity contribution is 5.93. The van der Waals surface area contributed by atoms with Gasteiger partial charge < -0.3 is 14.5 Å². The van der Waals surface area contributed by atoms with E-state index in [1.54, 1.807) is 12.1 Å². The summed E-state index contributed by atoms with van der Waals surface area (Å²) in [6.45, 7) is 9.63. The van der Waals surface area contributed by atoms with Gasteiger partial charge in [-0.2, -0.15) is 0 Å². The number of fused-ring (bicyclic) bond motifs is 1. The first-order valence-electron chi connectivity index (χ1n) is 11.2. The van der Waals surface area contributed by atoms with E-state index in [1.807, 2.05) is 13.0 Å². The molecular formula is C26H30N2O4. The number of benzene rings is 2. The number of aryl methyl sites for hydroxylation is 1. The second-order valence-corrected chi connectivity index (χ2v) is 8.67. The van der Waals surface area contributed by atoms with Crippen molar-refractivity contribution in [2.75, 3.05) is 32.8 Å². The molecule has 1 aromatic heterocycles. The molecular weight excluding hydrogens is 404 g/mol. The van der Waals surface area contributed by atoms with Crippen molar-refractivity contribution in [2.45, 2.75) is 32.7 Å². The molecule has 1 saturated heterocycles. The maximum Gasteiger partial charge on any atom is 0.287 e. The number of ether oxygens (including phenoxy) is 1. The van der Waals surface area contributed by atoms with Gasteiger partial charge in [-0.3, -0.25) is 14.5 Å². The second-order valence-electron chi connectivity index (χ2n) is 8.67. The lowest BCUT2D eigenvalue weighted by Crippen LogP contribution is -2.43. The van der Waals surface area contributed by atoms with Crippen LogP contribution in [-0.2, 0) is 4.74 Å². The molecule has 1 fully saturated rings. The Labute approximate surface area is 188 Å². The molecule has 4 rings (SSSR count). The number of carbonyl (C=O) groups is 1. The third-order valence-corrected chi connectivity index (χ3v) is 6.04. The van der Waals surface area contributed by atoms with Gasteiger partial charge in [-0.1, -0.05) is 44.2 Å². The average Bonchev–Trinajstić information content (AvgIpc) is 2.79. The Morgan fingerprint density at radius 1 is 1.03 bits per heavy atom. The zero-order chi connectivity index (χ0) is 22.7. The number of hydrogen-bond acceptors (Lipinski definition) is 5. The minimum atomic E-state index is -0.387. The van der Waals surface area contributed by atoms with Gasteiger partial charge in [0.25, 0.3) is 5.91 Å². The fraction of sp³-hybridized carbons (Fsp3) is 0.385. The maximum absolute atomic E-state index is 12.9. The molecule has 1 aliphatic rings. The Balaban J connectivity index is 1.55. The number of amides is 1. The van der Waals surface area contributed by atoms with E-state index in [1.165, 1.54) is 11.6 Å². The quantitative estimate of drug-likeness (QED) is 0.634. The molecule has 3 aromatic rings. The topological polar surface area (TPSA) is 71.8 Å². The SMILES string of the molecule is Cc1ccc2c(=O)cc(C(=O)NC[C@@H](c3ccc(C(C)C)cc3)N3CCOCC3)oc2c1. The van der Waals surface area contributed by atoms with Crippen molar-refractivity contribution in [2.24, 2.45) is 0 Å². The first kappa shape index (κ1) is 22.2. The van der Waals surface area contributed by atoms with Gasteiger partial charge in [0.1, 0.15) is 5.58 Å². The zero-order valence-electron chi connectivity index (χ0n) is 18.9. The Kier molecular flexibility index (Phi) is 6.72. The fourth-order valence-electron chi connectivity index (χ4n) is 4.10. The predicted octanol–water partition coefficient (Wildman–Crippen LogP) is 4.03. The third kappa shape index (κ3) is 4.92. The normalized spacial score (nSPS) is 15.8. The number of carbonyl (C=O) groups excluding carboxylic acids is 1. The maximum atomic E-state index is 12.9. The summed E-state index contributed by atoms with van der Waals surface area (Å²) in [7, 11) is 0. The van der Waals surface area contributed by atoms with Crippen LogP contribution in [0, 0.1) is 6.92 Å². The summed E-state index contributed by atoms with van der Waals surface area (Å²) in [5.41, 5.74) is 3.61. The zero-order valence-corrected chi connectivity index (χ0v) is 18.9. The number of nitrogens with zero attached hydrogens (tertiary/aromatic N) is 1. The van der Waals surface area contributed by atoms with Crippen molar-refractivity contribution in [1.29, 1.82) is 0 Å². The highest BCUT2D eigenvalue weighted by atomic mass is 16.5. The number of morpholine rings is 1. The van der Waals surface area contributed by atoms with Crippen LogP contribution < -0.4 is 10.7 Å². The van der Waals surface area contributed by atoms with E-state index < -0.39 is 0 Å². The number of hydrogen-bond donors (Lipinski definition) is 1. The van der Waals surface area contributed by atoms with Crippen molar-refractivity contribution < 1.29 is 13.9 Å². The fourth-order valence-corrected chi connectivity index (χ4v) is 4.10. The number of nitrogens with one attached hydrogen (secondary N) is 1. The van der Waals surface area contributed by atoms with Crippen LogP contribution in [0.1, 0.15) is 53.1 Å². The van der Waals surface area contributed by atoms with Gasteiger partial charge in [-0.05, 0) is 41.7 Å². The molecule has 6 heteroatoms. The average molecular weight is 435 g/mol. The Hall–Kier alpha value is -2.96. The van der Waals surface area contributed by atoms with Crippen LogP contribution in [0.15, 0.2) is 57.7 Å². The van der Waals surface area contributed by atoms with Gasteiger partial charge in [0.15, 0.2) is 11.2 Å². The largest absolute Gasteiger partial charge is 0.451 e. The molecule has 0 aliphatic carbocycles. The predicted molar refractivity (Wildman–Crippen MR) is 125 cm³/mol. The van der Waals surface area contributed by atoms with Gasteiger partial charge in [0, 0.05) is 25.7 Å². The van der Waals surface area contributed by atoms with Gasteiger partial charge in [0.2, 0.25) is 0 Å². The Morgan fingerprint density at radius 2 is 1.72 bits per heavy atom. The number of rotatable bonds is 6. The van der Waals surface area contributed by atoms with Crippen LogP contribution in [0.4, 0.5) is 0 Å². The van der Waals surface area contributed by atoms with Gasteiger partial charge >= 0.3 is 0 Å². The van der Waals surface area contributed by atoms with E-state index in [0.29, 0.717) is 36.6 Å². The lowest BCUT2D eigenvalue weighted by molar-refractivity contribution is 0.0161. The molecule has 0 spiro atoms. The summed E-state index contributed by atoms with van der Waals surface area (Å²) in [6, 6.07) is 15.2. The molecule has 1 N–H and O–H groups in total. The Morgan fingerprint density at radius 3 is 2.41 bits per heavy atom. The van der Waals surface area contributed by atoms with Crippen LogP contribution in [0.3, 0.4) is 0 Å². The monoisotopic (exact) mass is 434 g/mol. The molecule has 168 valence electrons.